The number of aliphatic hydroxyl groups excluding tert-OH is 1. The number of ketones is 1. The van der Waals surface area contributed by atoms with E-state index in [1.165, 1.54) is 30.3 Å². The van der Waals surface area contributed by atoms with E-state index in [-0.39, 0.29) is 16.7 Å². The second kappa shape index (κ2) is 6.75. The van der Waals surface area contributed by atoms with Crippen LogP contribution in [0.4, 0.5) is 0 Å². The van der Waals surface area contributed by atoms with E-state index < -0.39 is 41.5 Å². The van der Waals surface area contributed by atoms with Gasteiger partial charge in [-0.3, -0.25) is 14.4 Å². The maximum atomic E-state index is 12.5. The van der Waals surface area contributed by atoms with Crippen LogP contribution in [0, 0.1) is 0 Å². The zero-order chi connectivity index (χ0) is 19.7. The van der Waals surface area contributed by atoms with Crippen molar-refractivity contribution in [3.63, 3.8) is 0 Å². The van der Waals surface area contributed by atoms with Gasteiger partial charge in [0, 0.05) is 11.1 Å². The van der Waals surface area contributed by atoms with Gasteiger partial charge in [-0.05, 0) is 23.3 Å². The van der Waals surface area contributed by atoms with Gasteiger partial charge < -0.3 is 20.6 Å². The maximum absolute atomic E-state index is 12.5. The first-order chi connectivity index (χ1) is 12.8. The number of rotatable bonds is 5. The van der Waals surface area contributed by atoms with Crippen molar-refractivity contribution >= 4 is 29.4 Å². The number of fused-ring (bicyclic) bond motifs is 1. The van der Waals surface area contributed by atoms with Crippen LogP contribution in [0.15, 0.2) is 48.0 Å². The minimum atomic E-state index is -1.29. The number of hydrogen-bond acceptors (Lipinski definition) is 5. The third kappa shape index (κ3) is 3.15. The molecule has 0 unspecified atom stereocenters. The van der Waals surface area contributed by atoms with Crippen molar-refractivity contribution in [2.45, 2.75) is 0 Å². The summed E-state index contributed by atoms with van der Waals surface area (Å²) in [5.74, 6) is -4.62. The number of aliphatic hydroxyl groups is 1. The van der Waals surface area contributed by atoms with Crippen LogP contribution in [-0.2, 0) is 9.59 Å². The Morgan fingerprint density at radius 1 is 0.926 bits per heavy atom. The van der Waals surface area contributed by atoms with Crippen molar-refractivity contribution in [2.75, 3.05) is 6.54 Å². The summed E-state index contributed by atoms with van der Waals surface area (Å²) in [6, 6.07) is 10.5. The topological polar surface area (TPSA) is 141 Å². The monoisotopic (exact) mass is 367 g/mol. The van der Waals surface area contributed by atoms with Gasteiger partial charge in [0.2, 0.25) is 5.78 Å². The Bertz CT molecular complexity index is 1020. The lowest BCUT2D eigenvalue weighted by atomic mass is 9.95. The lowest BCUT2D eigenvalue weighted by Crippen LogP contribution is -2.32. The van der Waals surface area contributed by atoms with Crippen LogP contribution in [0.2, 0.25) is 0 Å². The van der Waals surface area contributed by atoms with Crippen LogP contribution in [0.1, 0.15) is 26.3 Å². The van der Waals surface area contributed by atoms with Crippen LogP contribution in [-0.4, -0.2) is 45.5 Å². The molecular formula is C19H13NO7. The Labute approximate surface area is 152 Å². The summed E-state index contributed by atoms with van der Waals surface area (Å²) < 4.78 is 0. The van der Waals surface area contributed by atoms with Gasteiger partial charge >= 0.3 is 11.9 Å². The second-order valence-electron chi connectivity index (χ2n) is 5.74. The summed E-state index contributed by atoms with van der Waals surface area (Å²) in [5, 5.41) is 30.2. The van der Waals surface area contributed by atoms with E-state index in [1.54, 1.807) is 12.1 Å². The summed E-state index contributed by atoms with van der Waals surface area (Å²) in [4.78, 5) is 46.2. The number of aliphatic carboxylic acids is 1. The molecule has 1 aliphatic rings. The van der Waals surface area contributed by atoms with E-state index in [4.69, 9.17) is 10.2 Å². The number of carboxylic acids is 2. The van der Waals surface area contributed by atoms with Gasteiger partial charge in [0.25, 0.3) is 5.91 Å². The molecule has 0 radical (unpaired) electrons. The average Bonchev–Trinajstić information content (AvgIpc) is 2.90. The first kappa shape index (κ1) is 17.9. The predicted molar refractivity (Wildman–Crippen MR) is 93.4 cm³/mol. The quantitative estimate of drug-likeness (QED) is 0.590. The second-order valence-corrected chi connectivity index (χ2v) is 5.74. The van der Waals surface area contributed by atoms with Crippen molar-refractivity contribution in [2.24, 2.45) is 0 Å². The molecule has 8 heteroatoms. The fourth-order valence-corrected chi connectivity index (χ4v) is 2.85. The number of benzene rings is 2. The highest BCUT2D eigenvalue weighted by Gasteiger charge is 2.36. The largest absolute Gasteiger partial charge is 0.506 e. The fourth-order valence-electron chi connectivity index (χ4n) is 2.85. The number of Topliss-reactive ketones (excluding diaryl/α,β-unsaturated/α-hetero) is 1. The molecule has 0 saturated carbocycles. The molecule has 27 heavy (non-hydrogen) atoms. The van der Waals surface area contributed by atoms with Gasteiger partial charge in [0.1, 0.15) is 17.9 Å². The van der Waals surface area contributed by atoms with E-state index in [2.05, 4.69) is 5.32 Å². The Morgan fingerprint density at radius 3 is 2.15 bits per heavy atom. The zero-order valence-electron chi connectivity index (χ0n) is 13.7. The molecule has 2 aromatic rings. The van der Waals surface area contributed by atoms with E-state index in [0.29, 0.717) is 11.1 Å². The van der Waals surface area contributed by atoms with Crippen LogP contribution in [0.3, 0.4) is 0 Å². The molecule has 8 nitrogen and oxygen atoms in total. The molecule has 0 saturated heterocycles. The number of carbonyl (C=O) groups is 4. The molecule has 0 spiro atoms. The Morgan fingerprint density at radius 2 is 1.56 bits per heavy atom. The number of nitrogens with one attached hydrogen (secondary N) is 1. The number of hydrogen-bond donors (Lipinski definition) is 4. The van der Waals surface area contributed by atoms with Crippen molar-refractivity contribution in [1.82, 2.24) is 5.32 Å². The Kier molecular flexibility index (Phi) is 4.47. The first-order valence-corrected chi connectivity index (χ1v) is 7.76. The van der Waals surface area contributed by atoms with Crippen molar-refractivity contribution in [3.8, 4) is 11.1 Å². The molecule has 3 rings (SSSR count). The lowest BCUT2D eigenvalue weighted by molar-refractivity contribution is -0.137. The minimum absolute atomic E-state index is 0.0795. The number of carbonyl (C=O) groups excluding carboxylic acids is 2. The van der Waals surface area contributed by atoms with Gasteiger partial charge in [-0.1, -0.05) is 30.3 Å². The standard InChI is InChI=1S/C19H13NO7/c21-13(22)8-20-18(25)15-16(23)12-3-1-2-11(14(12)17(15)24)9-4-6-10(7-5-9)19(26)27/h1-7,24H,8H2,(H,20,25)(H,21,22)(H,26,27). The van der Waals surface area contributed by atoms with Crippen LogP contribution in [0.5, 0.6) is 0 Å². The summed E-state index contributed by atoms with van der Waals surface area (Å²) in [5.41, 5.74) is 0.787. The molecule has 1 amide bonds. The average molecular weight is 367 g/mol. The first-order valence-electron chi connectivity index (χ1n) is 7.76. The molecule has 1 aliphatic carbocycles. The highest BCUT2D eigenvalue weighted by Crippen LogP contribution is 2.38. The van der Waals surface area contributed by atoms with Crippen molar-refractivity contribution < 1.29 is 34.5 Å². The summed E-state index contributed by atoms with van der Waals surface area (Å²) in [7, 11) is 0. The molecule has 136 valence electrons. The SMILES string of the molecule is O=C(O)CNC(=O)C1=C(O)c2c(cccc2-c2ccc(C(=O)O)cc2)C1=O. The number of aromatic carboxylic acids is 1. The van der Waals surface area contributed by atoms with Crippen LogP contribution in [0.25, 0.3) is 16.9 Å². The van der Waals surface area contributed by atoms with Gasteiger partial charge in [-0.25, -0.2) is 4.79 Å². The Hall–Kier alpha value is -3.94. The van der Waals surface area contributed by atoms with Gasteiger partial charge in [-0.2, -0.15) is 0 Å². The third-order valence-corrected chi connectivity index (χ3v) is 4.08. The molecular weight excluding hydrogens is 354 g/mol. The van der Waals surface area contributed by atoms with Crippen LogP contribution >= 0.6 is 0 Å². The van der Waals surface area contributed by atoms with E-state index in [9.17, 15) is 24.3 Å². The van der Waals surface area contributed by atoms with E-state index >= 15 is 0 Å². The van der Waals surface area contributed by atoms with Crippen molar-refractivity contribution in [1.29, 1.82) is 0 Å². The molecule has 4 N–H and O–H groups in total. The van der Waals surface area contributed by atoms with Crippen molar-refractivity contribution in [3.05, 3.63) is 64.7 Å². The van der Waals surface area contributed by atoms with Gasteiger partial charge in [-0.15, -0.1) is 0 Å². The summed E-state index contributed by atoms with van der Waals surface area (Å²) in [6.45, 7) is -0.692. The highest BCUT2D eigenvalue weighted by atomic mass is 16.4. The molecule has 0 heterocycles. The van der Waals surface area contributed by atoms with E-state index in [1.807, 2.05) is 0 Å². The molecule has 2 aromatic carbocycles. The maximum Gasteiger partial charge on any atom is 0.335 e. The predicted octanol–water partition coefficient (Wildman–Crippen LogP) is 1.72. The molecule has 0 atom stereocenters. The minimum Gasteiger partial charge on any atom is -0.506 e. The zero-order valence-corrected chi connectivity index (χ0v) is 13.7. The Balaban J connectivity index is 2.06. The number of amides is 1. The third-order valence-electron chi connectivity index (χ3n) is 4.08. The normalized spacial score (nSPS) is 12.7. The van der Waals surface area contributed by atoms with E-state index in [0.717, 1.165) is 0 Å². The highest BCUT2D eigenvalue weighted by molar-refractivity contribution is 6.34. The molecule has 0 aromatic heterocycles. The van der Waals surface area contributed by atoms with Gasteiger partial charge in [0.05, 0.1) is 5.56 Å². The smallest absolute Gasteiger partial charge is 0.335 e. The van der Waals surface area contributed by atoms with Gasteiger partial charge in [0.15, 0.2) is 0 Å². The fraction of sp³-hybridized carbons (Fsp3) is 0.0526. The molecule has 0 aliphatic heterocycles. The molecule has 0 bridgehead atoms. The summed E-state index contributed by atoms with van der Waals surface area (Å²) in [6.07, 6.45) is 0. The van der Waals surface area contributed by atoms with Crippen LogP contribution < -0.4 is 5.32 Å². The summed E-state index contributed by atoms with van der Waals surface area (Å²) >= 11 is 0. The lowest BCUT2D eigenvalue weighted by Gasteiger charge is -2.09. The molecule has 0 fully saturated rings. The number of carboxylic acid groups (broad SMARTS) is 2.